The van der Waals surface area contributed by atoms with Crippen molar-refractivity contribution in [3.63, 3.8) is 0 Å². The summed E-state index contributed by atoms with van der Waals surface area (Å²) in [5, 5.41) is 3.04. The summed E-state index contributed by atoms with van der Waals surface area (Å²) in [5.41, 5.74) is 0.378. The fourth-order valence-corrected chi connectivity index (χ4v) is 5.87. The summed E-state index contributed by atoms with van der Waals surface area (Å²) in [5.74, 6) is 1.09. The van der Waals surface area contributed by atoms with Crippen molar-refractivity contribution in [1.29, 1.82) is 0 Å². The molecule has 1 unspecified atom stereocenters. The van der Waals surface area contributed by atoms with Crippen molar-refractivity contribution in [1.82, 2.24) is 14.5 Å². The van der Waals surface area contributed by atoms with Gasteiger partial charge >= 0.3 is 0 Å². The molecule has 3 rings (SSSR count). The van der Waals surface area contributed by atoms with E-state index in [0.29, 0.717) is 37.0 Å². The number of nitrogens with one attached hydrogen (secondary N) is 1. The second-order valence-corrected chi connectivity index (χ2v) is 11.7. The number of carbonyl (C=O) groups excluding carboxylic acids is 1. The van der Waals surface area contributed by atoms with E-state index in [9.17, 15) is 13.2 Å². The van der Waals surface area contributed by atoms with E-state index in [1.807, 2.05) is 0 Å². The number of hydrogen-bond acceptors (Lipinski definition) is 4. The first kappa shape index (κ1) is 23.2. The number of hydrogen-bond donors (Lipinski definition) is 1. The molecule has 2 aliphatic heterocycles. The number of nitrogens with zero attached hydrogens (tertiary/aromatic N) is 2. The van der Waals surface area contributed by atoms with E-state index in [2.05, 4.69) is 37.9 Å². The van der Waals surface area contributed by atoms with Crippen LogP contribution in [-0.4, -0.2) is 61.8 Å². The van der Waals surface area contributed by atoms with Crippen LogP contribution in [0.3, 0.4) is 0 Å². The third-order valence-corrected chi connectivity index (χ3v) is 8.60. The Balaban J connectivity index is 1.59. The number of carbonyl (C=O) groups is 1. The highest BCUT2D eigenvalue weighted by Crippen LogP contribution is 2.25. The van der Waals surface area contributed by atoms with Crippen LogP contribution in [0.25, 0.3) is 0 Å². The molecule has 2 fully saturated rings. The van der Waals surface area contributed by atoms with Crippen molar-refractivity contribution in [2.24, 2.45) is 11.8 Å². The topological polar surface area (TPSA) is 69.7 Å². The molecule has 0 bridgehead atoms. The van der Waals surface area contributed by atoms with Gasteiger partial charge in [-0.05, 0) is 82.2 Å². The lowest BCUT2D eigenvalue weighted by Crippen LogP contribution is -2.54. The van der Waals surface area contributed by atoms with E-state index >= 15 is 0 Å². The van der Waals surface area contributed by atoms with Crippen molar-refractivity contribution in [2.45, 2.75) is 63.8 Å². The van der Waals surface area contributed by atoms with Gasteiger partial charge in [-0.25, -0.2) is 8.42 Å². The largest absolute Gasteiger partial charge is 0.350 e. The van der Waals surface area contributed by atoms with Gasteiger partial charge < -0.3 is 5.32 Å². The molecule has 7 heteroatoms. The Hall–Kier alpha value is -1.44. The maximum absolute atomic E-state index is 12.9. The third-order valence-electron chi connectivity index (χ3n) is 6.69. The second-order valence-electron chi connectivity index (χ2n) is 9.80. The average Bonchev–Trinajstić information content (AvgIpc) is 2.72. The zero-order valence-electron chi connectivity index (χ0n) is 18.9. The summed E-state index contributed by atoms with van der Waals surface area (Å²) >= 11 is 0. The number of likely N-dealkylation sites (tertiary alicyclic amines) is 1. The normalized spacial score (nSPS) is 22.7. The predicted octanol–water partition coefficient (Wildman–Crippen LogP) is 3.35. The van der Waals surface area contributed by atoms with Crippen LogP contribution in [0, 0.1) is 11.8 Å². The summed E-state index contributed by atoms with van der Waals surface area (Å²) in [4.78, 5) is 15.4. The van der Waals surface area contributed by atoms with Crippen LogP contribution in [0.5, 0.6) is 0 Å². The van der Waals surface area contributed by atoms with Gasteiger partial charge in [0.25, 0.3) is 5.91 Å². The van der Waals surface area contributed by atoms with Gasteiger partial charge in [0.2, 0.25) is 10.0 Å². The first-order valence-electron chi connectivity index (χ1n) is 11.2. The summed E-state index contributed by atoms with van der Waals surface area (Å²) in [6.45, 7) is 12.6. The zero-order valence-corrected chi connectivity index (χ0v) is 19.7. The van der Waals surface area contributed by atoms with E-state index in [-0.39, 0.29) is 16.3 Å². The van der Waals surface area contributed by atoms with Crippen molar-refractivity contribution >= 4 is 15.9 Å². The molecule has 2 saturated heterocycles. The monoisotopic (exact) mass is 435 g/mol. The Morgan fingerprint density at radius 2 is 1.67 bits per heavy atom. The van der Waals surface area contributed by atoms with Crippen LogP contribution in [0.15, 0.2) is 29.2 Å². The fourth-order valence-electron chi connectivity index (χ4n) is 4.40. The first-order valence-corrected chi connectivity index (χ1v) is 12.7. The number of benzene rings is 1. The molecule has 6 nitrogen and oxygen atoms in total. The highest BCUT2D eigenvalue weighted by Gasteiger charge is 2.31. The average molecular weight is 436 g/mol. The molecule has 0 saturated carbocycles. The van der Waals surface area contributed by atoms with Gasteiger partial charge in [-0.2, -0.15) is 4.31 Å². The van der Waals surface area contributed by atoms with Gasteiger partial charge in [0, 0.05) is 37.3 Å². The van der Waals surface area contributed by atoms with Crippen molar-refractivity contribution in [3.05, 3.63) is 29.8 Å². The molecule has 0 aromatic heterocycles. The molecule has 1 aromatic rings. The van der Waals surface area contributed by atoms with Crippen molar-refractivity contribution in [3.8, 4) is 0 Å². The molecule has 168 valence electrons. The van der Waals surface area contributed by atoms with Gasteiger partial charge in [-0.3, -0.25) is 9.69 Å². The van der Waals surface area contributed by atoms with E-state index in [0.717, 1.165) is 25.9 Å². The van der Waals surface area contributed by atoms with Gasteiger partial charge in [0.15, 0.2) is 0 Å². The molecule has 1 aromatic carbocycles. The summed E-state index contributed by atoms with van der Waals surface area (Å²) < 4.78 is 27.3. The molecule has 1 N–H and O–H groups in total. The van der Waals surface area contributed by atoms with E-state index < -0.39 is 10.0 Å². The molecular formula is C23H37N3O3S. The van der Waals surface area contributed by atoms with Crippen LogP contribution in [0.2, 0.25) is 0 Å². The molecule has 30 heavy (non-hydrogen) atoms. The van der Waals surface area contributed by atoms with Crippen LogP contribution in [0.4, 0.5) is 0 Å². The molecule has 1 amide bonds. The molecule has 2 aliphatic rings. The maximum Gasteiger partial charge on any atom is 0.251 e. The standard InChI is InChI=1S/C23H37N3O3S/c1-18-11-14-26(15-12-18)30(28,29)21-9-7-20(8-10-21)22(27)24-17-23(3,4)25-13-5-6-19(2)16-25/h7-10,18-19H,5-6,11-17H2,1-4H3,(H,24,27). The van der Waals surface area contributed by atoms with E-state index in [1.165, 1.54) is 12.8 Å². The van der Waals surface area contributed by atoms with Crippen LogP contribution >= 0.6 is 0 Å². The smallest absolute Gasteiger partial charge is 0.251 e. The zero-order chi connectivity index (χ0) is 21.9. The number of rotatable bonds is 6. The van der Waals surface area contributed by atoms with Crippen LogP contribution in [-0.2, 0) is 10.0 Å². The molecule has 2 heterocycles. The summed E-state index contributed by atoms with van der Waals surface area (Å²) in [6.07, 6.45) is 4.26. The maximum atomic E-state index is 12.9. The van der Waals surface area contributed by atoms with Crippen LogP contribution in [0.1, 0.15) is 63.7 Å². The van der Waals surface area contributed by atoms with Gasteiger partial charge in [0.05, 0.1) is 4.90 Å². The fraction of sp³-hybridized carbons (Fsp3) is 0.696. The Kier molecular flexibility index (Phi) is 7.25. The van der Waals surface area contributed by atoms with Crippen molar-refractivity contribution < 1.29 is 13.2 Å². The predicted molar refractivity (Wildman–Crippen MR) is 120 cm³/mol. The third kappa shape index (κ3) is 5.42. The number of piperidine rings is 2. The Morgan fingerprint density at radius 3 is 2.27 bits per heavy atom. The van der Waals surface area contributed by atoms with Gasteiger partial charge in [-0.15, -0.1) is 0 Å². The van der Waals surface area contributed by atoms with Gasteiger partial charge in [-0.1, -0.05) is 13.8 Å². The highest BCUT2D eigenvalue weighted by molar-refractivity contribution is 7.89. The van der Waals surface area contributed by atoms with E-state index in [1.54, 1.807) is 28.6 Å². The van der Waals surface area contributed by atoms with Crippen molar-refractivity contribution in [2.75, 3.05) is 32.7 Å². The Bertz CT molecular complexity index is 828. The van der Waals surface area contributed by atoms with Gasteiger partial charge in [0.1, 0.15) is 0 Å². The molecule has 0 aliphatic carbocycles. The van der Waals surface area contributed by atoms with Crippen LogP contribution < -0.4 is 5.32 Å². The lowest BCUT2D eigenvalue weighted by molar-refractivity contribution is 0.0657. The lowest BCUT2D eigenvalue weighted by Gasteiger charge is -2.43. The Morgan fingerprint density at radius 1 is 1.03 bits per heavy atom. The second kappa shape index (κ2) is 9.37. The molecule has 0 radical (unpaired) electrons. The minimum absolute atomic E-state index is 0.112. The Labute approximate surface area is 182 Å². The number of amides is 1. The quantitative estimate of drug-likeness (QED) is 0.744. The minimum Gasteiger partial charge on any atom is -0.350 e. The highest BCUT2D eigenvalue weighted by atomic mass is 32.2. The molecular weight excluding hydrogens is 398 g/mol. The SMILES string of the molecule is CC1CCN(S(=O)(=O)c2ccc(C(=O)NCC(C)(C)N3CCCC(C)C3)cc2)CC1. The first-order chi connectivity index (χ1) is 14.1. The summed E-state index contributed by atoms with van der Waals surface area (Å²) in [7, 11) is -3.49. The molecule has 0 spiro atoms. The van der Waals surface area contributed by atoms with E-state index in [4.69, 9.17) is 0 Å². The minimum atomic E-state index is -3.49. The number of sulfonamides is 1. The summed E-state index contributed by atoms with van der Waals surface area (Å²) in [6, 6.07) is 6.34. The molecule has 1 atom stereocenters. The lowest BCUT2D eigenvalue weighted by atomic mass is 9.93.